The number of rotatable bonds is 6. The van der Waals surface area contributed by atoms with E-state index in [1.807, 2.05) is 6.07 Å². The summed E-state index contributed by atoms with van der Waals surface area (Å²) in [5.41, 5.74) is 1.10. The maximum Gasteiger partial charge on any atom is 0.416 e. The number of aromatic nitrogens is 1. The number of esters is 1. The largest absolute Gasteiger partial charge is 0.452 e. The molecule has 2 amide bonds. The number of nitrogens with zero attached hydrogens (tertiary/aromatic N) is 2. The second-order valence-corrected chi connectivity index (χ2v) is 6.47. The van der Waals surface area contributed by atoms with Crippen molar-refractivity contribution in [1.29, 1.82) is 0 Å². The van der Waals surface area contributed by atoms with Gasteiger partial charge in [-0.05, 0) is 19.1 Å². The average Bonchev–Trinajstić information content (AvgIpc) is 3.26. The molecule has 8 nitrogen and oxygen atoms in total. The van der Waals surface area contributed by atoms with E-state index in [1.54, 1.807) is 31.2 Å². The number of hydrogen-bond acceptors (Lipinski definition) is 8. The van der Waals surface area contributed by atoms with Crippen LogP contribution in [0.1, 0.15) is 21.8 Å². The Bertz CT molecular complexity index is 834. The monoisotopic (exact) mass is 376 g/mol. The highest BCUT2D eigenvalue weighted by molar-refractivity contribution is 7.98. The first-order chi connectivity index (χ1) is 12.5. The molecule has 26 heavy (non-hydrogen) atoms. The van der Waals surface area contributed by atoms with E-state index in [9.17, 15) is 14.4 Å². The van der Waals surface area contributed by atoms with Gasteiger partial charge in [0.05, 0.1) is 17.8 Å². The van der Waals surface area contributed by atoms with Crippen molar-refractivity contribution in [3.8, 4) is 0 Å². The van der Waals surface area contributed by atoms with Crippen LogP contribution in [0.3, 0.4) is 0 Å². The summed E-state index contributed by atoms with van der Waals surface area (Å²) in [6, 6.07) is 8.74. The molecule has 0 saturated carbocycles. The van der Waals surface area contributed by atoms with Crippen LogP contribution in [0, 0.1) is 6.92 Å². The van der Waals surface area contributed by atoms with Crippen molar-refractivity contribution >= 4 is 29.7 Å². The van der Waals surface area contributed by atoms with Gasteiger partial charge in [-0.15, -0.1) is 11.8 Å². The quantitative estimate of drug-likeness (QED) is 0.560. The first kappa shape index (κ1) is 18.0. The van der Waals surface area contributed by atoms with Crippen molar-refractivity contribution < 1.29 is 28.4 Å². The molecule has 3 rings (SSSR count). The topological polar surface area (TPSA) is 98.9 Å². The minimum absolute atomic E-state index is 0.152. The Morgan fingerprint density at radius 2 is 2.15 bits per heavy atom. The summed E-state index contributed by atoms with van der Waals surface area (Å²) >= 11 is 1.41. The highest BCUT2D eigenvalue weighted by Crippen LogP contribution is 2.26. The molecular weight excluding hydrogens is 360 g/mol. The summed E-state index contributed by atoms with van der Waals surface area (Å²) in [5, 5.41) is 3.91. The molecule has 1 aromatic heterocycles. The van der Waals surface area contributed by atoms with Gasteiger partial charge < -0.3 is 14.0 Å². The number of hydrogen-bond donors (Lipinski definition) is 0. The van der Waals surface area contributed by atoms with Gasteiger partial charge >= 0.3 is 12.1 Å². The third-order valence-electron chi connectivity index (χ3n) is 3.55. The zero-order valence-corrected chi connectivity index (χ0v) is 14.8. The van der Waals surface area contributed by atoms with Crippen LogP contribution in [-0.2, 0) is 20.0 Å². The Morgan fingerprint density at radius 1 is 1.35 bits per heavy atom. The summed E-state index contributed by atoms with van der Waals surface area (Å²) in [7, 11) is 0. The smallest absolute Gasteiger partial charge is 0.416 e. The first-order valence-electron chi connectivity index (χ1n) is 7.83. The van der Waals surface area contributed by atoms with Crippen LogP contribution >= 0.6 is 11.8 Å². The number of carbonyl (C=O) groups excluding carboxylic acids is 3. The molecule has 1 aliphatic rings. The van der Waals surface area contributed by atoms with Crippen molar-refractivity contribution in [2.24, 2.45) is 0 Å². The predicted molar refractivity (Wildman–Crippen MR) is 90.6 cm³/mol. The standard InChI is InChI=1S/C17H16N2O6S/c1-11-8-12(18-25-11)10-26-14-5-3-2-4-13(14)16(21)24-9-15(20)19-6-7-23-17(19)22/h2-5,8H,6-7,9-10H2,1H3. The molecule has 136 valence electrons. The molecule has 2 heterocycles. The van der Waals surface area contributed by atoms with E-state index in [2.05, 4.69) is 9.89 Å². The first-order valence-corrected chi connectivity index (χ1v) is 8.81. The van der Waals surface area contributed by atoms with Crippen LogP contribution in [0.5, 0.6) is 0 Å². The predicted octanol–water partition coefficient (Wildman–Crippen LogP) is 2.41. The lowest BCUT2D eigenvalue weighted by Crippen LogP contribution is -2.35. The van der Waals surface area contributed by atoms with E-state index in [4.69, 9.17) is 9.26 Å². The van der Waals surface area contributed by atoms with Gasteiger partial charge in [0.1, 0.15) is 12.4 Å². The molecule has 1 saturated heterocycles. The number of imide groups is 1. The number of amides is 2. The molecule has 1 aromatic carbocycles. The second kappa shape index (κ2) is 8.05. The highest BCUT2D eigenvalue weighted by Gasteiger charge is 2.29. The third kappa shape index (κ3) is 4.23. The Morgan fingerprint density at radius 3 is 2.85 bits per heavy atom. The van der Waals surface area contributed by atoms with E-state index in [0.29, 0.717) is 22.0 Å². The molecular formula is C17H16N2O6S. The normalized spacial score (nSPS) is 13.6. The Labute approximate surface area is 153 Å². The fourth-order valence-corrected chi connectivity index (χ4v) is 3.22. The van der Waals surface area contributed by atoms with Crippen molar-refractivity contribution in [3.05, 3.63) is 47.3 Å². The fourth-order valence-electron chi connectivity index (χ4n) is 2.30. The van der Waals surface area contributed by atoms with Crippen LogP contribution in [-0.4, -0.2) is 47.8 Å². The Balaban J connectivity index is 1.60. The fraction of sp³-hybridized carbons (Fsp3) is 0.294. The minimum Gasteiger partial charge on any atom is -0.452 e. The lowest BCUT2D eigenvalue weighted by molar-refractivity contribution is -0.131. The van der Waals surface area contributed by atoms with Gasteiger partial charge in [0.15, 0.2) is 6.61 Å². The molecule has 0 N–H and O–H groups in total. The maximum absolute atomic E-state index is 12.3. The number of cyclic esters (lactones) is 1. The van der Waals surface area contributed by atoms with Crippen molar-refractivity contribution in [1.82, 2.24) is 10.1 Å². The Hall–Kier alpha value is -2.81. The zero-order valence-electron chi connectivity index (χ0n) is 14.0. The Kier molecular flexibility index (Phi) is 5.57. The molecule has 1 fully saturated rings. The number of thioether (sulfide) groups is 1. The highest BCUT2D eigenvalue weighted by atomic mass is 32.2. The van der Waals surface area contributed by atoms with Crippen molar-refractivity contribution in [3.63, 3.8) is 0 Å². The molecule has 2 aromatic rings. The molecule has 9 heteroatoms. The molecule has 0 aliphatic carbocycles. The SMILES string of the molecule is Cc1cc(CSc2ccccc2C(=O)OCC(=O)N2CCOC2=O)no1. The lowest BCUT2D eigenvalue weighted by Gasteiger charge is -2.12. The van der Waals surface area contributed by atoms with E-state index in [0.717, 1.165) is 10.6 Å². The maximum atomic E-state index is 12.3. The van der Waals surface area contributed by atoms with Crippen LogP contribution in [0.4, 0.5) is 4.79 Å². The van der Waals surface area contributed by atoms with E-state index in [1.165, 1.54) is 11.8 Å². The van der Waals surface area contributed by atoms with Crippen LogP contribution < -0.4 is 0 Å². The number of ether oxygens (including phenoxy) is 2. The molecule has 0 unspecified atom stereocenters. The van der Waals surface area contributed by atoms with Crippen molar-refractivity contribution in [2.75, 3.05) is 19.8 Å². The lowest BCUT2D eigenvalue weighted by atomic mass is 10.2. The average molecular weight is 376 g/mol. The summed E-state index contributed by atoms with van der Waals surface area (Å²) in [4.78, 5) is 37.2. The molecule has 0 atom stereocenters. The summed E-state index contributed by atoms with van der Waals surface area (Å²) in [6.07, 6.45) is -0.718. The summed E-state index contributed by atoms with van der Waals surface area (Å²) < 4.78 is 14.8. The molecule has 0 radical (unpaired) electrons. The third-order valence-corrected chi connectivity index (χ3v) is 4.66. The summed E-state index contributed by atoms with van der Waals surface area (Å²) in [6.45, 7) is 1.60. The second-order valence-electron chi connectivity index (χ2n) is 5.45. The van der Waals surface area contributed by atoms with E-state index in [-0.39, 0.29) is 13.2 Å². The number of aryl methyl sites for hydroxylation is 1. The van der Waals surface area contributed by atoms with Crippen LogP contribution in [0.25, 0.3) is 0 Å². The molecule has 1 aliphatic heterocycles. The molecule has 0 spiro atoms. The van der Waals surface area contributed by atoms with Gasteiger partial charge in [0.25, 0.3) is 5.91 Å². The van der Waals surface area contributed by atoms with Crippen molar-refractivity contribution in [2.45, 2.75) is 17.6 Å². The van der Waals surface area contributed by atoms with Gasteiger partial charge in [-0.3, -0.25) is 4.79 Å². The number of benzene rings is 1. The van der Waals surface area contributed by atoms with Gasteiger partial charge in [-0.25, -0.2) is 14.5 Å². The minimum atomic E-state index is -0.718. The summed E-state index contributed by atoms with van der Waals surface area (Å²) in [5.74, 6) is 0.00171. The van der Waals surface area contributed by atoms with Gasteiger partial charge in [-0.2, -0.15) is 0 Å². The van der Waals surface area contributed by atoms with Gasteiger partial charge in [-0.1, -0.05) is 17.3 Å². The zero-order chi connectivity index (χ0) is 18.5. The number of carbonyl (C=O) groups is 3. The van der Waals surface area contributed by atoms with Gasteiger partial charge in [0.2, 0.25) is 0 Å². The molecule has 0 bridgehead atoms. The van der Waals surface area contributed by atoms with E-state index >= 15 is 0 Å². The van der Waals surface area contributed by atoms with Gasteiger partial charge in [0, 0.05) is 16.7 Å². The van der Waals surface area contributed by atoms with Crippen LogP contribution in [0.2, 0.25) is 0 Å². The van der Waals surface area contributed by atoms with Crippen LogP contribution in [0.15, 0.2) is 39.8 Å². The van der Waals surface area contributed by atoms with E-state index < -0.39 is 24.6 Å².